The van der Waals surface area contributed by atoms with Crippen LogP contribution >= 0.6 is 11.3 Å². The molecule has 0 atom stereocenters. The van der Waals surface area contributed by atoms with Gasteiger partial charge in [0.25, 0.3) is 0 Å². The Morgan fingerprint density at radius 2 is 1.02 bits per heavy atom. The van der Waals surface area contributed by atoms with Gasteiger partial charge in [0.05, 0.1) is 5.69 Å². The number of benzene rings is 10. The van der Waals surface area contributed by atoms with Gasteiger partial charge in [-0.3, -0.25) is 0 Å². The number of furan rings is 1. The van der Waals surface area contributed by atoms with Crippen molar-refractivity contribution in [2.45, 2.75) is 123 Å². The molecule has 0 saturated carbocycles. The van der Waals surface area contributed by atoms with Crippen molar-refractivity contribution in [3.8, 4) is 54.9 Å². The van der Waals surface area contributed by atoms with Crippen molar-refractivity contribution in [1.82, 2.24) is 0 Å². The average Bonchev–Trinajstić information content (AvgIpc) is 1.23. The van der Waals surface area contributed by atoms with Crippen molar-refractivity contribution in [1.29, 1.82) is 0 Å². The van der Waals surface area contributed by atoms with Gasteiger partial charge in [0, 0.05) is 76.2 Å². The summed E-state index contributed by atoms with van der Waals surface area (Å²) in [5.74, 6) is 0. The van der Waals surface area contributed by atoms with E-state index in [1.54, 1.807) is 0 Å². The van der Waals surface area contributed by atoms with Gasteiger partial charge in [0.2, 0.25) is 0 Å². The molecule has 12 aromatic rings. The van der Waals surface area contributed by atoms with Crippen LogP contribution in [0.25, 0.3) is 87.0 Å². The van der Waals surface area contributed by atoms with Crippen molar-refractivity contribution in [3.63, 3.8) is 0 Å². The molecule has 86 heavy (non-hydrogen) atoms. The van der Waals surface area contributed by atoms with E-state index in [0.29, 0.717) is 0 Å². The molecule has 2 aliphatic carbocycles. The van der Waals surface area contributed by atoms with Crippen LogP contribution in [0.3, 0.4) is 0 Å². The normalized spacial score (nSPS) is 16.0. The molecule has 5 heteroatoms. The number of hydrogen-bond acceptors (Lipinski definition) is 4. The first kappa shape index (κ1) is 53.1. The minimum Gasteiger partial charge on any atom is -0.455 e. The minimum absolute atomic E-state index is 0.0292. The lowest BCUT2D eigenvalue weighted by Gasteiger charge is -2.46. The van der Waals surface area contributed by atoms with Crippen LogP contribution in [0, 0.1) is 0 Å². The Morgan fingerprint density at radius 1 is 0.442 bits per heavy atom. The zero-order valence-electron chi connectivity index (χ0n) is 51.8. The molecule has 10 aromatic carbocycles. The Kier molecular flexibility index (Phi) is 11.3. The first-order valence-electron chi connectivity index (χ1n) is 31.1. The monoisotopic (exact) mass is 1130 g/mol. The van der Waals surface area contributed by atoms with Gasteiger partial charge < -0.3 is 14.1 Å². The van der Waals surface area contributed by atoms with E-state index in [-0.39, 0.29) is 33.9 Å². The smallest absolute Gasteiger partial charge is 0.333 e. The predicted octanol–water partition coefficient (Wildman–Crippen LogP) is 21.8. The third kappa shape index (κ3) is 7.78. The maximum absolute atomic E-state index is 7.46. The zero-order chi connectivity index (χ0) is 59.1. The molecule has 0 unspecified atom stereocenters. The van der Waals surface area contributed by atoms with Gasteiger partial charge in [-0.25, -0.2) is 0 Å². The summed E-state index contributed by atoms with van der Waals surface area (Å²) in [5.41, 5.74) is 29.5. The Morgan fingerprint density at radius 3 is 1.70 bits per heavy atom. The molecule has 0 saturated heterocycles. The summed E-state index contributed by atoms with van der Waals surface area (Å²) < 4.78 is 8.72. The van der Waals surface area contributed by atoms with Crippen LogP contribution in [0.5, 0.6) is 0 Å². The molecule has 0 bridgehead atoms. The highest BCUT2D eigenvalue weighted by Crippen LogP contribution is 2.60. The highest BCUT2D eigenvalue weighted by Gasteiger charge is 2.50. The maximum atomic E-state index is 7.46. The molecule has 4 aliphatic rings. The molecule has 2 aliphatic heterocycles. The first-order valence-corrected chi connectivity index (χ1v) is 32.0. The van der Waals surface area contributed by atoms with Gasteiger partial charge in [0.15, 0.2) is 0 Å². The fourth-order valence-corrected chi connectivity index (χ4v) is 16.7. The number of fused-ring (bicyclic) bond motifs is 13. The number of thiophene rings is 1. The highest BCUT2D eigenvalue weighted by molar-refractivity contribution is 7.23. The van der Waals surface area contributed by atoms with Crippen LogP contribution < -0.4 is 20.6 Å². The van der Waals surface area contributed by atoms with Gasteiger partial charge in [-0.15, -0.1) is 11.3 Å². The number of nitrogens with zero attached hydrogens (tertiary/aromatic N) is 2. The summed E-state index contributed by atoms with van der Waals surface area (Å²) in [7, 11) is 0. The minimum atomic E-state index is -0.274. The molecule has 0 fully saturated rings. The van der Waals surface area contributed by atoms with Gasteiger partial charge in [0.1, 0.15) is 11.2 Å². The van der Waals surface area contributed by atoms with Crippen LogP contribution in [0.2, 0.25) is 0 Å². The summed E-state index contributed by atoms with van der Waals surface area (Å²) in [6.07, 6.45) is 2.34. The summed E-state index contributed by atoms with van der Waals surface area (Å²) in [5, 5.41) is 3.49. The molecule has 4 heterocycles. The van der Waals surface area contributed by atoms with E-state index in [2.05, 4.69) is 293 Å². The first-order chi connectivity index (χ1) is 41.2. The molecule has 0 spiro atoms. The van der Waals surface area contributed by atoms with Gasteiger partial charge in [-0.1, -0.05) is 217 Å². The SMILES string of the molecule is CC(C)(C)c1ccc(N2B3c4cc5sc(-c6ccccc6)c(-c6ccccc6)c5cc4N(c4ccc(C(C)(C)C)cc4-c4ccccc4)c4cc5c(oc6ccccc65)c(c43)-c3cc4c(cc32)C(C)(C)c2cc3c(cc2-4)C(C)(C)CCC3(C)C)cc1. The van der Waals surface area contributed by atoms with Gasteiger partial charge in [-0.05, 0) is 173 Å². The van der Waals surface area contributed by atoms with Crippen molar-refractivity contribution in [2.24, 2.45) is 0 Å². The van der Waals surface area contributed by atoms with Crippen LogP contribution in [0.4, 0.5) is 28.4 Å². The van der Waals surface area contributed by atoms with Crippen molar-refractivity contribution in [3.05, 3.63) is 234 Å². The van der Waals surface area contributed by atoms with E-state index in [0.717, 1.165) is 39.0 Å². The fourth-order valence-electron chi connectivity index (χ4n) is 15.5. The largest absolute Gasteiger partial charge is 0.455 e. The zero-order valence-corrected chi connectivity index (χ0v) is 52.6. The summed E-state index contributed by atoms with van der Waals surface area (Å²) in [6, 6.07) is 77.0. The lowest BCUT2D eigenvalue weighted by molar-refractivity contribution is 0.331. The van der Waals surface area contributed by atoms with Gasteiger partial charge in [-0.2, -0.15) is 0 Å². The Balaban J connectivity index is 1.08. The maximum Gasteiger partial charge on any atom is 0.333 e. The van der Waals surface area contributed by atoms with Crippen molar-refractivity contribution in [2.75, 3.05) is 9.71 Å². The molecule has 2 aromatic heterocycles. The van der Waals surface area contributed by atoms with E-state index in [1.165, 1.54) is 134 Å². The van der Waals surface area contributed by atoms with E-state index in [4.69, 9.17) is 4.42 Å². The summed E-state index contributed by atoms with van der Waals surface area (Å²) in [6.45, 7) is 28.6. The van der Waals surface area contributed by atoms with Crippen molar-refractivity contribution < 1.29 is 4.42 Å². The number of rotatable bonds is 5. The van der Waals surface area contributed by atoms with E-state index >= 15 is 0 Å². The van der Waals surface area contributed by atoms with Crippen LogP contribution in [-0.4, -0.2) is 6.85 Å². The topological polar surface area (TPSA) is 19.6 Å². The molecule has 422 valence electrons. The lowest BCUT2D eigenvalue weighted by atomic mass is 9.43. The average molecular weight is 1130 g/mol. The molecule has 16 rings (SSSR count). The second-order valence-electron chi connectivity index (χ2n) is 29.1. The third-order valence-corrected chi connectivity index (χ3v) is 21.6. The second-order valence-corrected chi connectivity index (χ2v) is 30.2. The predicted molar refractivity (Wildman–Crippen MR) is 369 cm³/mol. The van der Waals surface area contributed by atoms with Crippen molar-refractivity contribution >= 4 is 89.6 Å². The number of hydrogen-bond donors (Lipinski definition) is 0. The molecule has 3 nitrogen and oxygen atoms in total. The number of anilines is 5. The highest BCUT2D eigenvalue weighted by atomic mass is 32.1. The Labute approximate surface area is 512 Å². The van der Waals surface area contributed by atoms with Crippen LogP contribution in [0.1, 0.15) is 129 Å². The quantitative estimate of drug-likeness (QED) is 0.160. The molecule has 0 radical (unpaired) electrons. The molecule has 0 N–H and O–H groups in total. The number of para-hydroxylation sites is 1. The standard InChI is InChI=1S/C81H73BN2OS/c1-77(2,3)51-32-35-53(36-33-51)84-67-46-62-56(57-42-63-64(45-61(57)81(62,11)12)80(9,10)39-38-79(63,7)8)41-59(67)73-74-69(43-58-54-30-22-23-31-70(54)85-75(58)73)83(66-37-34-52(78(4,5)6)40-55(66)48-24-16-13-17-25-48)68-44-60-71(47-65(68)82(74)84)86-76(50-28-20-15-21-29-50)72(60)49-26-18-14-19-27-49/h13-37,40-47H,38-39H2,1-12H3. The third-order valence-electron chi connectivity index (χ3n) is 20.4. The van der Waals surface area contributed by atoms with Crippen LogP contribution in [0.15, 0.2) is 205 Å². The molecular formula is C81H73BN2OS. The van der Waals surface area contributed by atoms with E-state index < -0.39 is 0 Å². The summed E-state index contributed by atoms with van der Waals surface area (Å²) >= 11 is 1.92. The molecular weight excluding hydrogens is 1060 g/mol. The second kappa shape index (κ2) is 18.3. The molecule has 0 amide bonds. The van der Waals surface area contributed by atoms with Gasteiger partial charge >= 0.3 is 6.85 Å². The van der Waals surface area contributed by atoms with E-state index in [1.807, 2.05) is 11.3 Å². The van der Waals surface area contributed by atoms with E-state index in [9.17, 15) is 0 Å². The van der Waals surface area contributed by atoms with Crippen LogP contribution in [-0.2, 0) is 27.1 Å². The Hall–Kier alpha value is -8.38. The fraction of sp³-hybridized carbons (Fsp3) is 0.235. The summed E-state index contributed by atoms with van der Waals surface area (Å²) in [4.78, 5) is 6.69. The Bertz CT molecular complexity index is 4800. The lowest BCUT2D eigenvalue weighted by Crippen LogP contribution is -2.61.